The number of cyclic esters (lactones) is 1. The highest BCUT2D eigenvalue weighted by Crippen LogP contribution is 2.29. The molecule has 2 atom stereocenters. The number of ether oxygens (including phenoxy) is 2. The molecule has 0 N–H and O–H groups in total. The number of para-hydroxylation sites is 1. The lowest BCUT2D eigenvalue weighted by Crippen LogP contribution is -2.23. The minimum atomic E-state index is -0.877. The fourth-order valence-corrected chi connectivity index (χ4v) is 3.97. The summed E-state index contributed by atoms with van der Waals surface area (Å²) in [6.07, 6.45) is -0.771. The van der Waals surface area contributed by atoms with Gasteiger partial charge in [-0.1, -0.05) is 72.8 Å². The Morgan fingerprint density at radius 2 is 1.56 bits per heavy atom. The van der Waals surface area contributed by atoms with Gasteiger partial charge in [0.05, 0.1) is 16.8 Å². The molecule has 5 rings (SSSR count). The first-order valence-corrected chi connectivity index (χ1v) is 10.6. The molecule has 2 heterocycles. The van der Waals surface area contributed by atoms with Crippen LogP contribution in [-0.2, 0) is 14.3 Å². The van der Waals surface area contributed by atoms with E-state index in [2.05, 4.69) is 12.1 Å². The Balaban J connectivity index is 1.51. The van der Waals surface area contributed by atoms with E-state index in [-0.39, 0.29) is 6.10 Å². The predicted molar refractivity (Wildman–Crippen MR) is 122 cm³/mol. The van der Waals surface area contributed by atoms with Crippen LogP contribution < -0.4 is 0 Å². The summed E-state index contributed by atoms with van der Waals surface area (Å²) in [6, 6.07) is 27.3. The summed E-state index contributed by atoms with van der Waals surface area (Å²) in [6.45, 7) is 1.78. The maximum Gasteiger partial charge on any atom is 0.347 e. The molecule has 3 aromatic carbocycles. The van der Waals surface area contributed by atoms with Gasteiger partial charge in [0.1, 0.15) is 6.10 Å². The molecule has 0 radical (unpaired) electrons. The molecule has 1 saturated heterocycles. The fourth-order valence-electron chi connectivity index (χ4n) is 3.97. The van der Waals surface area contributed by atoms with Gasteiger partial charge in [0.25, 0.3) is 0 Å². The Hall–Kier alpha value is -3.99. The first-order valence-electron chi connectivity index (χ1n) is 10.6. The number of hydrogen-bond donors (Lipinski definition) is 0. The molecule has 0 saturated carbocycles. The topological polar surface area (TPSA) is 65.5 Å². The lowest BCUT2D eigenvalue weighted by Gasteiger charge is -2.12. The van der Waals surface area contributed by atoms with Gasteiger partial charge in [-0.15, -0.1) is 0 Å². The smallest absolute Gasteiger partial charge is 0.347 e. The van der Waals surface area contributed by atoms with Crippen LogP contribution >= 0.6 is 0 Å². The number of aromatic nitrogens is 1. The molecule has 1 aromatic heterocycles. The molecule has 1 aliphatic heterocycles. The van der Waals surface area contributed by atoms with Gasteiger partial charge in [0, 0.05) is 17.4 Å². The van der Waals surface area contributed by atoms with E-state index in [9.17, 15) is 9.59 Å². The van der Waals surface area contributed by atoms with Crippen molar-refractivity contribution in [3.8, 4) is 22.4 Å². The second-order valence-electron chi connectivity index (χ2n) is 7.89. The van der Waals surface area contributed by atoms with Gasteiger partial charge in [0.2, 0.25) is 6.10 Å². The Kier molecular flexibility index (Phi) is 5.15. The van der Waals surface area contributed by atoms with E-state index in [1.807, 2.05) is 66.7 Å². The molecular formula is C27H21NO4. The van der Waals surface area contributed by atoms with Crippen LogP contribution in [0.15, 0.2) is 84.9 Å². The highest BCUT2D eigenvalue weighted by atomic mass is 16.6. The maximum atomic E-state index is 13.0. The lowest BCUT2D eigenvalue weighted by molar-refractivity contribution is -0.147. The van der Waals surface area contributed by atoms with Crippen LogP contribution in [0.1, 0.15) is 23.7 Å². The highest BCUT2D eigenvalue weighted by Gasteiger charge is 2.35. The Morgan fingerprint density at radius 1 is 0.906 bits per heavy atom. The third-order valence-corrected chi connectivity index (χ3v) is 5.60. The zero-order valence-corrected chi connectivity index (χ0v) is 17.5. The normalized spacial score (nSPS) is 17.8. The van der Waals surface area contributed by atoms with Crippen molar-refractivity contribution in [1.82, 2.24) is 4.98 Å². The van der Waals surface area contributed by atoms with E-state index < -0.39 is 18.0 Å². The Labute approximate surface area is 185 Å². The molecule has 4 aromatic rings. The van der Waals surface area contributed by atoms with Crippen LogP contribution in [0.5, 0.6) is 0 Å². The van der Waals surface area contributed by atoms with E-state index in [1.165, 1.54) is 0 Å². The summed E-state index contributed by atoms with van der Waals surface area (Å²) in [5.41, 5.74) is 4.85. The minimum absolute atomic E-state index is 0.256. The van der Waals surface area contributed by atoms with E-state index >= 15 is 0 Å². The zero-order chi connectivity index (χ0) is 22.1. The van der Waals surface area contributed by atoms with E-state index in [1.54, 1.807) is 13.0 Å². The van der Waals surface area contributed by atoms with Gasteiger partial charge in [-0.2, -0.15) is 0 Å². The second kappa shape index (κ2) is 8.27. The molecule has 5 heteroatoms. The Bertz CT molecular complexity index is 1300. The maximum absolute atomic E-state index is 13.0. The number of carbonyl (C=O) groups is 2. The summed E-state index contributed by atoms with van der Waals surface area (Å²) in [5.74, 6) is -1.05. The number of esters is 2. The van der Waals surface area contributed by atoms with Crippen molar-refractivity contribution in [3.63, 3.8) is 0 Å². The molecule has 5 nitrogen and oxygen atoms in total. The number of nitrogens with zero attached hydrogens (tertiary/aromatic N) is 1. The van der Waals surface area contributed by atoms with E-state index in [0.29, 0.717) is 28.6 Å². The number of rotatable bonds is 4. The van der Waals surface area contributed by atoms with Crippen molar-refractivity contribution in [1.29, 1.82) is 0 Å². The number of fused-ring (bicyclic) bond motifs is 1. The molecule has 158 valence electrons. The monoisotopic (exact) mass is 423 g/mol. The number of carbonyl (C=O) groups excluding carboxylic acids is 2. The van der Waals surface area contributed by atoms with Gasteiger partial charge in [-0.25, -0.2) is 14.6 Å². The molecule has 0 amide bonds. The number of pyridine rings is 1. The van der Waals surface area contributed by atoms with Crippen molar-refractivity contribution in [2.24, 2.45) is 0 Å². The standard InChI is InChI=1S/C27H21NO4/c1-17-15-25(27(30)31-17)32-26(29)22-16-24(28-23-10-6-5-9-21(22)23)20-13-11-19(12-14-20)18-7-3-2-4-8-18/h2-14,16-17,25H,15H2,1H3. The van der Waals surface area contributed by atoms with Crippen molar-refractivity contribution in [3.05, 3.63) is 90.5 Å². The molecule has 1 fully saturated rings. The number of benzene rings is 3. The van der Waals surface area contributed by atoms with Gasteiger partial charge in [-0.3, -0.25) is 0 Å². The molecule has 0 aliphatic carbocycles. The average molecular weight is 423 g/mol. The zero-order valence-electron chi connectivity index (χ0n) is 17.5. The molecule has 2 unspecified atom stereocenters. The molecule has 1 aliphatic rings. The van der Waals surface area contributed by atoms with Gasteiger partial charge in [0.15, 0.2) is 0 Å². The largest absolute Gasteiger partial charge is 0.460 e. The average Bonchev–Trinajstić information content (AvgIpc) is 3.15. The summed E-state index contributed by atoms with van der Waals surface area (Å²) in [5, 5.41) is 0.682. The number of hydrogen-bond acceptors (Lipinski definition) is 5. The van der Waals surface area contributed by atoms with Gasteiger partial charge >= 0.3 is 11.9 Å². The predicted octanol–water partition coefficient (Wildman–Crippen LogP) is 5.43. The Morgan fingerprint density at radius 3 is 2.28 bits per heavy atom. The quantitative estimate of drug-likeness (QED) is 0.410. The van der Waals surface area contributed by atoms with Crippen molar-refractivity contribution in [2.45, 2.75) is 25.6 Å². The summed E-state index contributed by atoms with van der Waals surface area (Å²) >= 11 is 0. The first-order chi connectivity index (χ1) is 15.6. The summed E-state index contributed by atoms with van der Waals surface area (Å²) < 4.78 is 10.6. The van der Waals surface area contributed by atoms with Crippen molar-refractivity contribution >= 4 is 22.8 Å². The molecular weight excluding hydrogens is 402 g/mol. The highest BCUT2D eigenvalue weighted by molar-refractivity contribution is 6.05. The van der Waals surface area contributed by atoms with Crippen molar-refractivity contribution in [2.75, 3.05) is 0 Å². The van der Waals surface area contributed by atoms with Crippen LogP contribution in [-0.4, -0.2) is 29.1 Å². The van der Waals surface area contributed by atoms with Gasteiger partial charge in [-0.05, 0) is 30.2 Å². The van der Waals surface area contributed by atoms with E-state index in [4.69, 9.17) is 14.5 Å². The summed E-state index contributed by atoms with van der Waals surface area (Å²) in [4.78, 5) is 29.7. The van der Waals surface area contributed by atoms with E-state index in [0.717, 1.165) is 16.7 Å². The third kappa shape index (κ3) is 3.85. The second-order valence-corrected chi connectivity index (χ2v) is 7.89. The molecule has 32 heavy (non-hydrogen) atoms. The third-order valence-electron chi connectivity index (χ3n) is 5.60. The van der Waals surface area contributed by atoms with Crippen LogP contribution in [0.2, 0.25) is 0 Å². The van der Waals surface area contributed by atoms with Crippen LogP contribution in [0.25, 0.3) is 33.3 Å². The summed E-state index contributed by atoms with van der Waals surface area (Å²) in [7, 11) is 0. The SMILES string of the molecule is CC1CC(OC(=O)c2cc(-c3ccc(-c4ccccc4)cc3)nc3ccccc23)C(=O)O1. The van der Waals surface area contributed by atoms with Crippen molar-refractivity contribution < 1.29 is 19.1 Å². The molecule has 0 bridgehead atoms. The van der Waals surface area contributed by atoms with Crippen LogP contribution in [0, 0.1) is 0 Å². The lowest BCUT2D eigenvalue weighted by atomic mass is 10.0. The fraction of sp³-hybridized carbons (Fsp3) is 0.148. The van der Waals surface area contributed by atoms with Crippen LogP contribution in [0.4, 0.5) is 0 Å². The first kappa shape index (κ1) is 19.9. The molecule has 0 spiro atoms. The van der Waals surface area contributed by atoms with Crippen LogP contribution in [0.3, 0.4) is 0 Å². The van der Waals surface area contributed by atoms with Gasteiger partial charge < -0.3 is 9.47 Å². The minimum Gasteiger partial charge on any atom is -0.460 e.